The van der Waals surface area contributed by atoms with Crippen LogP contribution in [0, 0.1) is 0 Å². The fraction of sp³-hybridized carbons (Fsp3) is 0.267. The van der Waals surface area contributed by atoms with Crippen molar-refractivity contribution < 1.29 is 8.42 Å². The number of sulfonamides is 1. The maximum Gasteiger partial charge on any atom is 0.242 e. The lowest BCUT2D eigenvalue weighted by molar-refractivity contribution is 0.578. The molecule has 2 atom stereocenters. The molecule has 0 radical (unpaired) electrons. The van der Waals surface area contributed by atoms with Crippen LogP contribution in [0.3, 0.4) is 0 Å². The van der Waals surface area contributed by atoms with E-state index >= 15 is 0 Å². The maximum absolute atomic E-state index is 12.4. The van der Waals surface area contributed by atoms with E-state index in [1.54, 1.807) is 12.3 Å². The summed E-state index contributed by atoms with van der Waals surface area (Å²) in [6, 6.07) is 13.0. The van der Waals surface area contributed by atoms with E-state index in [1.165, 1.54) is 6.07 Å². The minimum Gasteiger partial charge on any atom is -0.325 e. The van der Waals surface area contributed by atoms with Crippen LogP contribution in [0.2, 0.25) is 0 Å². The quantitative estimate of drug-likeness (QED) is 0.873. The second kappa shape index (κ2) is 5.55. The summed E-state index contributed by atoms with van der Waals surface area (Å²) in [6.45, 7) is 0.101. The van der Waals surface area contributed by atoms with Crippen LogP contribution in [0.1, 0.15) is 23.6 Å². The number of benzene rings is 1. The molecule has 6 heteroatoms. The zero-order valence-electron chi connectivity index (χ0n) is 11.4. The molecule has 3 rings (SSSR count). The van der Waals surface area contributed by atoms with Crippen LogP contribution in [0.5, 0.6) is 0 Å². The van der Waals surface area contributed by atoms with Gasteiger partial charge in [-0.25, -0.2) is 13.1 Å². The van der Waals surface area contributed by atoms with Gasteiger partial charge in [0.25, 0.3) is 0 Å². The number of aromatic nitrogens is 1. The topological polar surface area (TPSA) is 85.1 Å². The molecule has 2 aromatic rings. The molecular weight excluding hydrogens is 286 g/mol. The predicted octanol–water partition coefficient (Wildman–Crippen LogP) is 1.37. The number of rotatable bonds is 5. The van der Waals surface area contributed by atoms with Gasteiger partial charge in [0.15, 0.2) is 0 Å². The highest BCUT2D eigenvalue weighted by Crippen LogP contribution is 2.41. The van der Waals surface area contributed by atoms with Gasteiger partial charge in [-0.3, -0.25) is 4.98 Å². The predicted molar refractivity (Wildman–Crippen MR) is 80.0 cm³/mol. The van der Waals surface area contributed by atoms with Crippen LogP contribution in [0.4, 0.5) is 0 Å². The van der Waals surface area contributed by atoms with Gasteiger partial charge in [0.1, 0.15) is 4.90 Å². The molecule has 1 aromatic carbocycles. The second-order valence-corrected chi connectivity index (χ2v) is 6.82. The number of nitrogens with zero attached hydrogens (tertiary/aromatic N) is 1. The summed E-state index contributed by atoms with van der Waals surface area (Å²) in [7, 11) is -3.57. The van der Waals surface area contributed by atoms with E-state index in [9.17, 15) is 8.42 Å². The average Bonchev–Trinajstić information content (AvgIpc) is 3.26. The molecule has 3 N–H and O–H groups in total. The highest BCUT2D eigenvalue weighted by molar-refractivity contribution is 7.89. The molecule has 1 aliphatic carbocycles. The largest absolute Gasteiger partial charge is 0.325 e. The molecule has 0 amide bonds. The standard InChI is InChI=1S/C15H17N3O2S/c16-10-14-15(7-4-8-17-14)21(19,20)18-13-9-12(13)11-5-2-1-3-6-11/h1-8,12-13,18H,9-10,16H2. The minimum absolute atomic E-state index is 0.0526. The summed E-state index contributed by atoms with van der Waals surface area (Å²) < 4.78 is 27.6. The maximum atomic E-state index is 12.4. The number of nitrogens with one attached hydrogen (secondary N) is 1. The van der Waals surface area contributed by atoms with Crippen molar-refractivity contribution in [2.45, 2.75) is 29.8 Å². The Morgan fingerprint density at radius 2 is 1.95 bits per heavy atom. The SMILES string of the molecule is NCc1ncccc1S(=O)(=O)NC1CC1c1ccccc1. The summed E-state index contributed by atoms with van der Waals surface area (Å²) in [4.78, 5) is 4.20. The average molecular weight is 303 g/mol. The first-order chi connectivity index (χ1) is 10.1. The van der Waals surface area contributed by atoms with Crippen LogP contribution >= 0.6 is 0 Å². The minimum atomic E-state index is -3.57. The van der Waals surface area contributed by atoms with Gasteiger partial charge in [0, 0.05) is 24.7 Å². The number of hydrogen-bond donors (Lipinski definition) is 2. The van der Waals surface area contributed by atoms with Crippen LogP contribution in [0.15, 0.2) is 53.6 Å². The van der Waals surface area contributed by atoms with Crippen molar-refractivity contribution in [3.8, 4) is 0 Å². The van der Waals surface area contributed by atoms with Crippen molar-refractivity contribution in [1.82, 2.24) is 9.71 Å². The Morgan fingerprint density at radius 1 is 1.19 bits per heavy atom. The van der Waals surface area contributed by atoms with E-state index in [4.69, 9.17) is 5.73 Å². The van der Waals surface area contributed by atoms with Crippen molar-refractivity contribution >= 4 is 10.0 Å². The molecule has 1 aliphatic rings. The van der Waals surface area contributed by atoms with Crippen molar-refractivity contribution in [3.05, 3.63) is 59.9 Å². The van der Waals surface area contributed by atoms with E-state index in [0.29, 0.717) is 5.69 Å². The molecule has 1 heterocycles. The van der Waals surface area contributed by atoms with E-state index in [2.05, 4.69) is 9.71 Å². The number of hydrogen-bond acceptors (Lipinski definition) is 4. The molecule has 21 heavy (non-hydrogen) atoms. The second-order valence-electron chi connectivity index (χ2n) is 5.13. The van der Waals surface area contributed by atoms with Gasteiger partial charge in [-0.2, -0.15) is 0 Å². The summed E-state index contributed by atoms with van der Waals surface area (Å²) >= 11 is 0. The first-order valence-corrected chi connectivity index (χ1v) is 8.31. The molecule has 1 aromatic heterocycles. The van der Waals surface area contributed by atoms with Crippen molar-refractivity contribution in [2.24, 2.45) is 5.73 Å². The smallest absolute Gasteiger partial charge is 0.242 e. The highest BCUT2D eigenvalue weighted by Gasteiger charge is 2.41. The monoisotopic (exact) mass is 303 g/mol. The lowest BCUT2D eigenvalue weighted by Gasteiger charge is -2.09. The van der Waals surface area contributed by atoms with E-state index in [-0.39, 0.29) is 23.4 Å². The zero-order valence-corrected chi connectivity index (χ0v) is 12.3. The third-order valence-corrected chi connectivity index (χ3v) is 5.22. The van der Waals surface area contributed by atoms with Crippen LogP contribution < -0.4 is 10.5 Å². The summed E-state index contributed by atoms with van der Waals surface area (Å²) in [5.74, 6) is 0.249. The zero-order chi connectivity index (χ0) is 14.9. The molecular formula is C15H17N3O2S. The van der Waals surface area contributed by atoms with E-state index in [0.717, 1.165) is 12.0 Å². The Kier molecular flexibility index (Phi) is 3.75. The number of pyridine rings is 1. The Bertz CT molecular complexity index is 732. The lowest BCUT2D eigenvalue weighted by atomic mass is 10.1. The van der Waals surface area contributed by atoms with E-state index < -0.39 is 10.0 Å². The first kappa shape index (κ1) is 14.2. The van der Waals surface area contributed by atoms with E-state index in [1.807, 2.05) is 30.3 Å². The normalized spacial score (nSPS) is 21.2. The van der Waals surface area contributed by atoms with Crippen LogP contribution in [-0.2, 0) is 16.6 Å². The molecule has 0 aliphatic heterocycles. The summed E-state index contributed by atoms with van der Waals surface area (Å²) in [5.41, 5.74) is 7.11. The van der Waals surface area contributed by atoms with Crippen LogP contribution in [-0.4, -0.2) is 19.4 Å². The van der Waals surface area contributed by atoms with Crippen molar-refractivity contribution in [1.29, 1.82) is 0 Å². The first-order valence-electron chi connectivity index (χ1n) is 6.83. The fourth-order valence-electron chi connectivity index (χ4n) is 2.48. The molecule has 0 bridgehead atoms. The fourth-order valence-corrected chi connectivity index (χ4v) is 3.97. The number of nitrogens with two attached hydrogens (primary N) is 1. The van der Waals surface area contributed by atoms with Crippen molar-refractivity contribution in [2.75, 3.05) is 0 Å². The molecule has 5 nitrogen and oxygen atoms in total. The van der Waals surface area contributed by atoms with Crippen molar-refractivity contribution in [3.63, 3.8) is 0 Å². The Balaban J connectivity index is 1.77. The Morgan fingerprint density at radius 3 is 2.67 bits per heavy atom. The Labute approximate surface area is 124 Å². The molecule has 1 saturated carbocycles. The van der Waals surface area contributed by atoms with Gasteiger partial charge in [-0.15, -0.1) is 0 Å². The van der Waals surface area contributed by atoms with Crippen LogP contribution in [0.25, 0.3) is 0 Å². The summed E-state index contributed by atoms with van der Waals surface area (Å²) in [6.07, 6.45) is 2.37. The van der Waals surface area contributed by atoms with Gasteiger partial charge in [0.05, 0.1) is 5.69 Å². The van der Waals surface area contributed by atoms with Gasteiger partial charge < -0.3 is 5.73 Å². The molecule has 110 valence electrons. The Hall–Kier alpha value is -1.76. The summed E-state index contributed by atoms with van der Waals surface area (Å²) in [5, 5.41) is 0. The van der Waals surface area contributed by atoms with Gasteiger partial charge >= 0.3 is 0 Å². The molecule has 2 unspecified atom stereocenters. The van der Waals surface area contributed by atoms with Gasteiger partial charge in [-0.1, -0.05) is 30.3 Å². The highest BCUT2D eigenvalue weighted by atomic mass is 32.2. The van der Waals surface area contributed by atoms with Gasteiger partial charge in [0.2, 0.25) is 10.0 Å². The molecule has 1 fully saturated rings. The third-order valence-electron chi connectivity index (χ3n) is 3.66. The molecule has 0 saturated heterocycles. The lowest BCUT2D eigenvalue weighted by Crippen LogP contribution is -2.28. The van der Waals surface area contributed by atoms with Gasteiger partial charge in [-0.05, 0) is 24.1 Å². The molecule has 0 spiro atoms. The third kappa shape index (κ3) is 2.97.